The van der Waals surface area contributed by atoms with Crippen LogP contribution in [0.15, 0.2) is 34.2 Å². The summed E-state index contributed by atoms with van der Waals surface area (Å²) in [4.78, 5) is 4.94. The topological polar surface area (TPSA) is 49.7 Å². The zero-order chi connectivity index (χ0) is 14.3. The molecule has 1 aliphatic carbocycles. The molecule has 1 saturated carbocycles. The van der Waals surface area contributed by atoms with Gasteiger partial charge in [0.1, 0.15) is 6.17 Å². The number of aryl methyl sites for hydroxylation is 1. The van der Waals surface area contributed by atoms with Crippen LogP contribution in [0, 0.1) is 6.92 Å². The molecule has 2 unspecified atom stereocenters. The smallest absolute Gasteiger partial charge is 0.245 e. The summed E-state index contributed by atoms with van der Waals surface area (Å²) in [6, 6.07) is 7.05. The summed E-state index contributed by atoms with van der Waals surface area (Å²) in [5.74, 6) is 0. The third-order valence-electron chi connectivity index (χ3n) is 4.17. The quantitative estimate of drug-likeness (QED) is 0.841. The molecule has 0 N–H and O–H groups in total. The molecule has 0 radical (unpaired) electrons. The summed E-state index contributed by atoms with van der Waals surface area (Å²) in [7, 11) is -3.46. The van der Waals surface area contributed by atoms with Crippen LogP contribution in [-0.2, 0) is 10.0 Å². The van der Waals surface area contributed by atoms with E-state index >= 15 is 0 Å². The highest BCUT2D eigenvalue weighted by Crippen LogP contribution is 2.33. The third-order valence-corrected chi connectivity index (χ3v) is 6.15. The molecular formula is C15H20N2O2S. The Kier molecular flexibility index (Phi) is 3.42. The Morgan fingerprint density at radius 1 is 1.20 bits per heavy atom. The minimum absolute atomic E-state index is 0.0231. The van der Waals surface area contributed by atoms with Crippen molar-refractivity contribution >= 4 is 15.7 Å². The van der Waals surface area contributed by atoms with Crippen LogP contribution in [0.4, 0.5) is 0 Å². The average Bonchev–Trinajstić information content (AvgIpc) is 2.75. The summed E-state index contributed by atoms with van der Waals surface area (Å²) in [6.07, 6.45) is 3.76. The summed E-state index contributed by atoms with van der Waals surface area (Å²) in [5.41, 5.74) is 2.13. The third kappa shape index (κ3) is 2.19. The van der Waals surface area contributed by atoms with Crippen molar-refractivity contribution in [1.82, 2.24) is 4.31 Å². The standard InChI is InChI=1S/C15H20N2O2S/c1-11-7-9-13(10-8-11)20(18,19)17-12(2)16-14-5-3-4-6-15(14)17/h7-10,12,15H,3-6H2,1-2H3. The number of fused-ring (bicyclic) bond motifs is 1. The number of aliphatic imine (C=N–C) groups is 1. The molecule has 1 fully saturated rings. The van der Waals surface area contributed by atoms with E-state index < -0.39 is 10.0 Å². The Morgan fingerprint density at radius 3 is 2.60 bits per heavy atom. The van der Waals surface area contributed by atoms with Gasteiger partial charge >= 0.3 is 0 Å². The van der Waals surface area contributed by atoms with Gasteiger partial charge in [-0.05, 0) is 45.2 Å². The lowest BCUT2D eigenvalue weighted by molar-refractivity contribution is 0.319. The highest BCUT2D eigenvalue weighted by atomic mass is 32.2. The van der Waals surface area contributed by atoms with Crippen molar-refractivity contribution in [2.45, 2.75) is 56.6 Å². The Hall–Kier alpha value is -1.20. The van der Waals surface area contributed by atoms with Crippen LogP contribution >= 0.6 is 0 Å². The maximum atomic E-state index is 12.9. The zero-order valence-electron chi connectivity index (χ0n) is 11.9. The van der Waals surface area contributed by atoms with Gasteiger partial charge in [0.25, 0.3) is 0 Å². The molecular weight excluding hydrogens is 272 g/mol. The van der Waals surface area contributed by atoms with E-state index in [2.05, 4.69) is 4.99 Å². The summed E-state index contributed by atoms with van der Waals surface area (Å²) in [6.45, 7) is 3.83. The minimum Gasteiger partial charge on any atom is -0.273 e. The molecule has 0 saturated heterocycles. The molecule has 1 aliphatic heterocycles. The van der Waals surface area contributed by atoms with E-state index in [4.69, 9.17) is 0 Å². The molecule has 2 aliphatic rings. The van der Waals surface area contributed by atoms with Crippen LogP contribution in [-0.4, -0.2) is 30.6 Å². The second-order valence-electron chi connectivity index (χ2n) is 5.66. The predicted molar refractivity (Wildman–Crippen MR) is 79.4 cm³/mol. The lowest BCUT2D eigenvalue weighted by Crippen LogP contribution is -2.44. The fourth-order valence-corrected chi connectivity index (χ4v) is 4.89. The summed E-state index contributed by atoms with van der Waals surface area (Å²) in [5, 5.41) is 0. The van der Waals surface area contributed by atoms with Crippen LogP contribution < -0.4 is 0 Å². The van der Waals surface area contributed by atoms with E-state index in [0.717, 1.165) is 37.0 Å². The maximum Gasteiger partial charge on any atom is 0.245 e. The molecule has 1 aromatic rings. The molecule has 3 rings (SSSR count). The molecule has 0 aromatic heterocycles. The van der Waals surface area contributed by atoms with Crippen LogP contribution in [0.1, 0.15) is 38.2 Å². The fourth-order valence-electron chi connectivity index (χ4n) is 3.16. The second-order valence-corrected chi connectivity index (χ2v) is 7.51. The first kappa shape index (κ1) is 13.8. The molecule has 20 heavy (non-hydrogen) atoms. The van der Waals surface area contributed by atoms with E-state index in [-0.39, 0.29) is 12.2 Å². The van der Waals surface area contributed by atoms with Gasteiger partial charge in [-0.2, -0.15) is 4.31 Å². The Labute approximate surface area is 120 Å². The number of rotatable bonds is 2. The monoisotopic (exact) mass is 292 g/mol. The average molecular weight is 292 g/mol. The predicted octanol–water partition coefficient (Wildman–Crippen LogP) is 2.73. The van der Waals surface area contributed by atoms with Crippen molar-refractivity contribution in [3.63, 3.8) is 0 Å². The summed E-state index contributed by atoms with van der Waals surface area (Å²) < 4.78 is 27.3. The first-order chi connectivity index (χ1) is 9.50. The minimum atomic E-state index is -3.46. The van der Waals surface area contributed by atoms with Gasteiger partial charge in [0.05, 0.1) is 10.9 Å². The Balaban J connectivity index is 1.97. The zero-order valence-corrected chi connectivity index (χ0v) is 12.7. The lowest BCUT2D eigenvalue weighted by Gasteiger charge is -2.29. The summed E-state index contributed by atoms with van der Waals surface area (Å²) >= 11 is 0. The molecule has 0 amide bonds. The van der Waals surface area contributed by atoms with E-state index in [1.54, 1.807) is 16.4 Å². The number of nitrogens with zero attached hydrogens (tertiary/aromatic N) is 2. The highest BCUT2D eigenvalue weighted by Gasteiger charge is 2.42. The largest absolute Gasteiger partial charge is 0.273 e. The van der Waals surface area contributed by atoms with E-state index in [0.29, 0.717) is 4.90 Å². The van der Waals surface area contributed by atoms with Crippen LogP contribution in [0.5, 0.6) is 0 Å². The molecule has 0 spiro atoms. The van der Waals surface area contributed by atoms with Crippen molar-refractivity contribution in [2.75, 3.05) is 0 Å². The molecule has 108 valence electrons. The van der Waals surface area contributed by atoms with Crippen molar-refractivity contribution in [2.24, 2.45) is 4.99 Å². The second kappa shape index (κ2) is 4.97. The van der Waals surface area contributed by atoms with Crippen molar-refractivity contribution < 1.29 is 8.42 Å². The van der Waals surface area contributed by atoms with Crippen molar-refractivity contribution in [1.29, 1.82) is 0 Å². The fraction of sp³-hybridized carbons (Fsp3) is 0.533. The number of hydrogen-bond donors (Lipinski definition) is 0. The maximum absolute atomic E-state index is 12.9. The lowest BCUT2D eigenvalue weighted by atomic mass is 9.94. The van der Waals surface area contributed by atoms with Gasteiger partial charge in [0, 0.05) is 5.71 Å². The molecule has 5 heteroatoms. The normalized spacial score (nSPS) is 27.2. The van der Waals surface area contributed by atoms with Gasteiger partial charge in [-0.1, -0.05) is 24.1 Å². The molecule has 1 aromatic carbocycles. The first-order valence-electron chi connectivity index (χ1n) is 7.17. The first-order valence-corrected chi connectivity index (χ1v) is 8.61. The van der Waals surface area contributed by atoms with Crippen LogP contribution in [0.2, 0.25) is 0 Å². The SMILES string of the molecule is Cc1ccc(S(=O)(=O)N2C(C)N=C3CCCCC32)cc1. The van der Waals surface area contributed by atoms with E-state index in [1.807, 2.05) is 26.0 Å². The Bertz CT molecular complexity index is 634. The van der Waals surface area contributed by atoms with Crippen LogP contribution in [0.25, 0.3) is 0 Å². The van der Waals surface area contributed by atoms with Gasteiger partial charge < -0.3 is 0 Å². The van der Waals surface area contributed by atoms with Gasteiger partial charge in [0.2, 0.25) is 10.0 Å². The number of sulfonamides is 1. The van der Waals surface area contributed by atoms with Crippen molar-refractivity contribution in [3.05, 3.63) is 29.8 Å². The molecule has 0 bridgehead atoms. The van der Waals surface area contributed by atoms with Gasteiger partial charge in [0.15, 0.2) is 0 Å². The Morgan fingerprint density at radius 2 is 1.90 bits per heavy atom. The van der Waals surface area contributed by atoms with Gasteiger partial charge in [-0.3, -0.25) is 4.99 Å². The van der Waals surface area contributed by atoms with Gasteiger partial charge in [-0.15, -0.1) is 0 Å². The van der Waals surface area contributed by atoms with E-state index in [9.17, 15) is 8.42 Å². The van der Waals surface area contributed by atoms with Crippen LogP contribution in [0.3, 0.4) is 0 Å². The molecule has 2 atom stereocenters. The highest BCUT2D eigenvalue weighted by molar-refractivity contribution is 7.89. The number of hydrogen-bond acceptors (Lipinski definition) is 3. The van der Waals surface area contributed by atoms with Crippen molar-refractivity contribution in [3.8, 4) is 0 Å². The molecule has 1 heterocycles. The van der Waals surface area contributed by atoms with E-state index in [1.165, 1.54) is 0 Å². The van der Waals surface area contributed by atoms with Gasteiger partial charge in [-0.25, -0.2) is 8.42 Å². The number of benzene rings is 1. The molecule has 4 nitrogen and oxygen atoms in total.